The van der Waals surface area contributed by atoms with E-state index in [4.69, 9.17) is 26.8 Å². The Bertz CT molecular complexity index is 1890. The minimum atomic E-state index is -5.48. The molecule has 1 aliphatic carbocycles. The predicted octanol–water partition coefficient (Wildman–Crippen LogP) is 5.72. The number of halogens is 7. The summed E-state index contributed by atoms with van der Waals surface area (Å²) in [6, 6.07) is 5.97. The first-order valence-electron chi connectivity index (χ1n) is 14.4. The molecule has 256 valence electrons. The van der Waals surface area contributed by atoms with Gasteiger partial charge in [0.05, 0.1) is 49.0 Å². The molecule has 4 N–H and O–H groups in total. The zero-order valence-corrected chi connectivity index (χ0v) is 26.1. The van der Waals surface area contributed by atoms with Crippen LogP contribution >= 0.6 is 11.6 Å². The number of hydrogen-bond donors (Lipinski definition) is 3. The highest BCUT2D eigenvalue weighted by atomic mass is 35.5. The second kappa shape index (κ2) is 12.8. The summed E-state index contributed by atoms with van der Waals surface area (Å²) >= 11 is 5.89. The van der Waals surface area contributed by atoms with Gasteiger partial charge in [-0.25, -0.2) is 4.98 Å². The van der Waals surface area contributed by atoms with Crippen molar-refractivity contribution in [2.24, 2.45) is 5.73 Å². The number of rotatable bonds is 11. The van der Waals surface area contributed by atoms with Gasteiger partial charge >= 0.3 is 12.4 Å². The molecule has 2 heterocycles. The van der Waals surface area contributed by atoms with E-state index in [9.17, 15) is 41.0 Å². The van der Waals surface area contributed by atoms with Gasteiger partial charge in [0.15, 0.2) is 0 Å². The maximum absolute atomic E-state index is 14.7. The molecular formula is C31H28ClF6N5O5. The summed E-state index contributed by atoms with van der Waals surface area (Å²) in [5.41, 5.74) is -1.42. The van der Waals surface area contributed by atoms with Crippen LogP contribution in [0.4, 0.5) is 26.3 Å². The highest BCUT2D eigenvalue weighted by Gasteiger charge is 2.57. The second-order valence-corrected chi connectivity index (χ2v) is 11.5. The number of aliphatic hydroxyl groups is 1. The third-order valence-electron chi connectivity index (χ3n) is 7.64. The lowest BCUT2D eigenvalue weighted by atomic mass is 9.93. The number of nitrogens with one attached hydrogen (secondary N) is 1. The molecule has 0 aliphatic heterocycles. The Kier molecular flexibility index (Phi) is 9.27. The molecule has 0 unspecified atom stereocenters. The fourth-order valence-corrected chi connectivity index (χ4v) is 5.38. The Morgan fingerprint density at radius 3 is 2.40 bits per heavy atom. The molecule has 1 saturated carbocycles. The molecule has 2 amide bonds. The van der Waals surface area contributed by atoms with Crippen LogP contribution in [0, 0.1) is 0 Å². The van der Waals surface area contributed by atoms with Gasteiger partial charge in [-0.15, -0.1) is 0 Å². The topological polar surface area (TPSA) is 142 Å². The van der Waals surface area contributed by atoms with Crippen LogP contribution in [-0.2, 0) is 23.0 Å². The van der Waals surface area contributed by atoms with E-state index in [-0.39, 0.29) is 40.8 Å². The maximum atomic E-state index is 14.7. The van der Waals surface area contributed by atoms with Gasteiger partial charge in [0.25, 0.3) is 5.91 Å². The summed E-state index contributed by atoms with van der Waals surface area (Å²) in [5.74, 6) is -2.07. The van der Waals surface area contributed by atoms with E-state index in [1.54, 1.807) is 10.9 Å². The number of alkyl halides is 6. The van der Waals surface area contributed by atoms with E-state index in [1.807, 2.05) is 0 Å². The van der Waals surface area contributed by atoms with Gasteiger partial charge in [-0.2, -0.15) is 31.4 Å². The molecule has 0 radical (unpaired) electrons. The number of nitrogens with zero attached hydrogens (tertiary/aromatic N) is 3. The lowest BCUT2D eigenvalue weighted by molar-refractivity contribution is -0.265. The van der Waals surface area contributed by atoms with Crippen LogP contribution in [0.25, 0.3) is 22.2 Å². The Morgan fingerprint density at radius 2 is 1.83 bits per heavy atom. The van der Waals surface area contributed by atoms with Crippen LogP contribution in [0.5, 0.6) is 11.5 Å². The van der Waals surface area contributed by atoms with Crippen molar-refractivity contribution in [3.63, 3.8) is 0 Å². The van der Waals surface area contributed by atoms with Crippen molar-refractivity contribution < 1.29 is 50.5 Å². The van der Waals surface area contributed by atoms with Crippen molar-refractivity contribution in [3.8, 4) is 22.8 Å². The Balaban J connectivity index is 1.58. The Morgan fingerprint density at radius 1 is 1.12 bits per heavy atom. The first kappa shape index (κ1) is 34.8. The maximum Gasteiger partial charge on any atom is 0.424 e. The summed E-state index contributed by atoms with van der Waals surface area (Å²) in [6.07, 6.45) is -7.47. The Labute approximate surface area is 273 Å². The standard InChI is InChI=1S/C31H28ClF6N5O5/c1-3-48-27-16(12-24(39)44)11-23(41-26(27)15-4-7-20(21(32)9-15)30(33,34)35)29(46,31(36,37)38)14-40-28(45)17-8-18-13-43(19-5-6-19)42-25(18)22(10-17)47-2/h4,7-11,13,19,46H,3,5-6,12,14H2,1-2H3,(H2,39,44)(H,40,45)/t29-/m0/s1. The molecule has 0 bridgehead atoms. The Hall–Kier alpha value is -4.57. The number of ether oxygens (including phenoxy) is 2. The number of carbonyl (C=O) groups is 2. The quantitative estimate of drug-likeness (QED) is 0.170. The third-order valence-corrected chi connectivity index (χ3v) is 7.96. The lowest BCUT2D eigenvalue weighted by Gasteiger charge is -2.31. The number of aromatic nitrogens is 3. The predicted molar refractivity (Wildman–Crippen MR) is 161 cm³/mol. The van der Waals surface area contributed by atoms with Crippen molar-refractivity contribution in [1.29, 1.82) is 0 Å². The van der Waals surface area contributed by atoms with Gasteiger partial charge in [0.1, 0.15) is 22.7 Å². The van der Waals surface area contributed by atoms with Gasteiger partial charge in [-0.3, -0.25) is 14.3 Å². The fraction of sp³-hybridized carbons (Fsp3) is 0.355. The monoisotopic (exact) mass is 699 g/mol. The molecule has 4 aromatic rings. The van der Waals surface area contributed by atoms with Crippen LogP contribution in [0.1, 0.15) is 53.0 Å². The number of nitrogens with two attached hydrogens (primary N) is 1. The molecule has 1 fully saturated rings. The average molecular weight is 700 g/mol. The van der Waals surface area contributed by atoms with Crippen molar-refractivity contribution in [2.45, 2.75) is 50.2 Å². The third kappa shape index (κ3) is 6.85. The number of fused-ring (bicyclic) bond motifs is 1. The van der Waals surface area contributed by atoms with E-state index in [0.717, 1.165) is 31.0 Å². The second-order valence-electron chi connectivity index (χ2n) is 11.1. The van der Waals surface area contributed by atoms with E-state index in [0.29, 0.717) is 17.0 Å². The summed E-state index contributed by atoms with van der Waals surface area (Å²) in [5, 5.41) is 17.5. The number of hydrogen-bond acceptors (Lipinski definition) is 7. The summed E-state index contributed by atoms with van der Waals surface area (Å²) in [6.45, 7) is -0.0430. The first-order chi connectivity index (χ1) is 22.5. The average Bonchev–Trinajstić information content (AvgIpc) is 3.76. The van der Waals surface area contributed by atoms with Crippen LogP contribution in [0.15, 0.2) is 42.6 Å². The minimum absolute atomic E-state index is 0.0895. The van der Waals surface area contributed by atoms with E-state index >= 15 is 0 Å². The molecule has 1 atom stereocenters. The van der Waals surface area contributed by atoms with Gasteiger partial charge in [0, 0.05) is 28.3 Å². The minimum Gasteiger partial charge on any atom is -0.494 e. The van der Waals surface area contributed by atoms with Crippen molar-refractivity contribution >= 4 is 34.3 Å². The lowest BCUT2D eigenvalue weighted by Crippen LogP contribution is -2.51. The first-order valence-corrected chi connectivity index (χ1v) is 14.8. The van der Waals surface area contributed by atoms with E-state index < -0.39 is 64.7 Å². The molecule has 0 spiro atoms. The SMILES string of the molecule is CCOc1c(CC(N)=O)cc([C@@](O)(CNC(=O)c2cc(OC)c3nn(C4CC4)cc3c2)C(F)(F)F)nc1-c1ccc(C(F)(F)F)c(Cl)c1. The van der Waals surface area contributed by atoms with Crippen LogP contribution in [-0.4, -0.2) is 58.1 Å². The fourth-order valence-electron chi connectivity index (χ4n) is 5.09. The van der Waals surface area contributed by atoms with Crippen LogP contribution in [0.3, 0.4) is 0 Å². The molecule has 2 aromatic heterocycles. The molecule has 0 saturated heterocycles. The molecule has 1 aliphatic rings. The zero-order valence-electron chi connectivity index (χ0n) is 25.3. The van der Waals surface area contributed by atoms with Crippen LogP contribution < -0.4 is 20.5 Å². The largest absolute Gasteiger partial charge is 0.494 e. The number of methoxy groups -OCH3 is 1. The van der Waals surface area contributed by atoms with Crippen molar-refractivity contribution in [1.82, 2.24) is 20.1 Å². The summed E-state index contributed by atoms with van der Waals surface area (Å²) in [4.78, 5) is 29.1. The number of benzene rings is 2. The molecule has 17 heteroatoms. The number of amides is 2. The summed E-state index contributed by atoms with van der Waals surface area (Å²) < 4.78 is 97.0. The smallest absolute Gasteiger partial charge is 0.424 e. The van der Waals surface area contributed by atoms with Crippen molar-refractivity contribution in [2.75, 3.05) is 20.3 Å². The number of pyridine rings is 1. The van der Waals surface area contributed by atoms with Gasteiger partial charge in [-0.1, -0.05) is 17.7 Å². The molecule has 2 aromatic carbocycles. The van der Waals surface area contributed by atoms with Gasteiger partial charge < -0.3 is 25.6 Å². The zero-order chi connectivity index (χ0) is 35.2. The molecule has 10 nitrogen and oxygen atoms in total. The molecule has 5 rings (SSSR count). The number of carbonyl (C=O) groups excluding carboxylic acids is 2. The van der Waals surface area contributed by atoms with Crippen molar-refractivity contribution in [3.05, 3.63) is 70.0 Å². The van der Waals surface area contributed by atoms with Gasteiger partial charge in [-0.05, 0) is 50.1 Å². The van der Waals surface area contributed by atoms with Gasteiger partial charge in [0.2, 0.25) is 11.5 Å². The molecule has 48 heavy (non-hydrogen) atoms. The molecular weight excluding hydrogens is 672 g/mol. The normalized spacial score (nSPS) is 14.9. The van der Waals surface area contributed by atoms with E-state index in [1.165, 1.54) is 26.2 Å². The highest BCUT2D eigenvalue weighted by Crippen LogP contribution is 2.44. The number of primary amides is 1. The van der Waals surface area contributed by atoms with E-state index in [2.05, 4.69) is 15.4 Å². The highest BCUT2D eigenvalue weighted by molar-refractivity contribution is 6.31. The van der Waals surface area contributed by atoms with Crippen LogP contribution in [0.2, 0.25) is 5.02 Å². The summed E-state index contributed by atoms with van der Waals surface area (Å²) in [7, 11) is 1.34.